The van der Waals surface area contributed by atoms with Gasteiger partial charge in [0, 0.05) is 29.9 Å². The Morgan fingerprint density at radius 3 is 2.05 bits per heavy atom. The molecular weight excluding hydrogens is 268 g/mol. The number of nitrogens with one attached hydrogen (secondary N) is 2. The van der Waals surface area contributed by atoms with E-state index in [1.165, 1.54) is 0 Å². The van der Waals surface area contributed by atoms with Crippen LogP contribution in [0.15, 0.2) is 18.2 Å². The molecule has 1 aromatic rings. The number of benzene rings is 1. The fourth-order valence-corrected chi connectivity index (χ4v) is 2.03. The number of rotatable bonds is 8. The summed E-state index contributed by atoms with van der Waals surface area (Å²) in [6.07, 6.45) is 1.86. The summed E-state index contributed by atoms with van der Waals surface area (Å²) >= 11 is 0. The molecule has 0 saturated heterocycles. The summed E-state index contributed by atoms with van der Waals surface area (Å²) < 4.78 is 10.4. The highest BCUT2D eigenvalue weighted by atomic mass is 16.5. The number of carbonyl (C=O) groups is 1. The molecule has 0 radical (unpaired) electrons. The van der Waals surface area contributed by atoms with Crippen LogP contribution in [0.4, 0.5) is 5.69 Å². The lowest BCUT2D eigenvalue weighted by atomic mass is 10.1. The smallest absolute Gasteiger partial charge is 0.242 e. The molecule has 0 aliphatic carbocycles. The van der Waals surface area contributed by atoms with Crippen molar-refractivity contribution in [3.8, 4) is 11.5 Å². The molecule has 0 aliphatic heterocycles. The summed E-state index contributed by atoms with van der Waals surface area (Å²) in [5.41, 5.74) is 0.790. The molecule has 0 spiro atoms. The molecule has 1 unspecified atom stereocenters. The Balaban J connectivity index is 2.73. The van der Waals surface area contributed by atoms with Crippen LogP contribution in [0.25, 0.3) is 0 Å². The minimum absolute atomic E-state index is 0.00881. The van der Waals surface area contributed by atoms with Crippen LogP contribution in [-0.4, -0.2) is 32.2 Å². The van der Waals surface area contributed by atoms with Crippen molar-refractivity contribution in [2.45, 2.75) is 45.7 Å². The molecule has 0 aromatic heterocycles. The molecule has 1 atom stereocenters. The van der Waals surface area contributed by atoms with Gasteiger partial charge in [-0.1, -0.05) is 13.8 Å². The first-order valence-corrected chi connectivity index (χ1v) is 7.34. The average molecular weight is 294 g/mol. The van der Waals surface area contributed by atoms with Crippen LogP contribution in [0.3, 0.4) is 0 Å². The zero-order valence-electron chi connectivity index (χ0n) is 13.5. The van der Waals surface area contributed by atoms with E-state index in [0.717, 1.165) is 18.5 Å². The van der Waals surface area contributed by atoms with Crippen molar-refractivity contribution in [3.63, 3.8) is 0 Å². The second kappa shape index (κ2) is 8.39. The van der Waals surface area contributed by atoms with E-state index in [-0.39, 0.29) is 18.0 Å². The largest absolute Gasteiger partial charge is 0.497 e. The lowest BCUT2D eigenvalue weighted by Crippen LogP contribution is -2.42. The summed E-state index contributed by atoms with van der Waals surface area (Å²) in [5, 5.41) is 6.20. The Kier molecular flexibility index (Phi) is 6.85. The van der Waals surface area contributed by atoms with Crippen LogP contribution in [0, 0.1) is 0 Å². The highest BCUT2D eigenvalue weighted by Gasteiger charge is 2.16. The van der Waals surface area contributed by atoms with Gasteiger partial charge in [-0.2, -0.15) is 0 Å². The number of hydrogen-bond acceptors (Lipinski definition) is 4. The van der Waals surface area contributed by atoms with Gasteiger partial charge in [0.15, 0.2) is 0 Å². The van der Waals surface area contributed by atoms with Crippen molar-refractivity contribution in [2.75, 3.05) is 19.5 Å². The van der Waals surface area contributed by atoms with Crippen molar-refractivity contribution in [1.82, 2.24) is 5.32 Å². The van der Waals surface area contributed by atoms with Crippen molar-refractivity contribution < 1.29 is 14.3 Å². The van der Waals surface area contributed by atoms with Gasteiger partial charge in [-0.3, -0.25) is 4.79 Å². The first-order valence-electron chi connectivity index (χ1n) is 7.34. The minimum atomic E-state index is -0.331. The van der Waals surface area contributed by atoms with Crippen LogP contribution < -0.4 is 20.1 Å². The van der Waals surface area contributed by atoms with E-state index in [1.54, 1.807) is 20.3 Å². The number of anilines is 1. The quantitative estimate of drug-likeness (QED) is 0.774. The fourth-order valence-electron chi connectivity index (χ4n) is 2.03. The predicted octanol–water partition coefficient (Wildman–Crippen LogP) is 2.81. The summed E-state index contributed by atoms with van der Waals surface area (Å²) in [7, 11) is 3.20. The maximum Gasteiger partial charge on any atom is 0.242 e. The molecule has 118 valence electrons. The molecule has 1 rings (SSSR count). The molecule has 0 aliphatic rings. The normalized spacial score (nSPS) is 11.9. The molecule has 0 fully saturated rings. The first kappa shape index (κ1) is 17.1. The summed E-state index contributed by atoms with van der Waals surface area (Å²) in [4.78, 5) is 12.1. The third-order valence-corrected chi connectivity index (χ3v) is 3.46. The molecule has 1 amide bonds. The van der Waals surface area contributed by atoms with Crippen LogP contribution in [0.1, 0.15) is 33.6 Å². The zero-order valence-corrected chi connectivity index (χ0v) is 13.5. The second-order valence-corrected chi connectivity index (χ2v) is 4.99. The standard InChI is InChI=1S/C16H26N2O3/c1-6-12(7-2)18-16(19)11(3)17-13-8-14(20-4)10-15(9-13)21-5/h8-12,17H,6-7H2,1-5H3,(H,18,19). The highest BCUT2D eigenvalue weighted by Crippen LogP contribution is 2.26. The monoisotopic (exact) mass is 294 g/mol. The Hall–Kier alpha value is -1.91. The van der Waals surface area contributed by atoms with E-state index in [0.29, 0.717) is 11.5 Å². The van der Waals surface area contributed by atoms with Gasteiger partial charge in [0.05, 0.1) is 14.2 Å². The molecule has 0 bridgehead atoms. The van der Waals surface area contributed by atoms with Gasteiger partial charge in [0.2, 0.25) is 5.91 Å². The van der Waals surface area contributed by atoms with E-state index in [4.69, 9.17) is 9.47 Å². The van der Waals surface area contributed by atoms with Gasteiger partial charge >= 0.3 is 0 Å². The lowest BCUT2D eigenvalue weighted by Gasteiger charge is -2.20. The van der Waals surface area contributed by atoms with E-state index < -0.39 is 0 Å². The minimum Gasteiger partial charge on any atom is -0.497 e. The molecule has 21 heavy (non-hydrogen) atoms. The van der Waals surface area contributed by atoms with Crippen LogP contribution in [0.5, 0.6) is 11.5 Å². The molecule has 2 N–H and O–H groups in total. The summed E-state index contributed by atoms with van der Waals surface area (Å²) in [6, 6.07) is 5.36. The van der Waals surface area contributed by atoms with E-state index >= 15 is 0 Å². The molecular formula is C16H26N2O3. The molecule has 0 saturated carbocycles. The fraction of sp³-hybridized carbons (Fsp3) is 0.562. The van der Waals surface area contributed by atoms with E-state index in [1.807, 2.05) is 19.1 Å². The SMILES string of the molecule is CCC(CC)NC(=O)C(C)Nc1cc(OC)cc(OC)c1. The van der Waals surface area contributed by atoms with Gasteiger partial charge in [-0.05, 0) is 19.8 Å². The van der Waals surface area contributed by atoms with Crippen LogP contribution in [0.2, 0.25) is 0 Å². The van der Waals surface area contributed by atoms with E-state index in [9.17, 15) is 4.79 Å². The van der Waals surface area contributed by atoms with Crippen molar-refractivity contribution >= 4 is 11.6 Å². The van der Waals surface area contributed by atoms with Crippen molar-refractivity contribution in [3.05, 3.63) is 18.2 Å². The average Bonchev–Trinajstić information content (AvgIpc) is 2.51. The number of ether oxygens (including phenoxy) is 2. The van der Waals surface area contributed by atoms with E-state index in [2.05, 4.69) is 24.5 Å². The molecule has 1 aromatic carbocycles. The van der Waals surface area contributed by atoms with Crippen molar-refractivity contribution in [2.24, 2.45) is 0 Å². The molecule has 5 heteroatoms. The maximum atomic E-state index is 12.1. The number of methoxy groups -OCH3 is 2. The highest BCUT2D eigenvalue weighted by molar-refractivity contribution is 5.84. The number of amides is 1. The van der Waals surface area contributed by atoms with Crippen LogP contribution in [-0.2, 0) is 4.79 Å². The van der Waals surface area contributed by atoms with Crippen LogP contribution >= 0.6 is 0 Å². The number of hydrogen-bond donors (Lipinski definition) is 2. The molecule has 0 heterocycles. The molecule has 5 nitrogen and oxygen atoms in total. The van der Waals surface area contributed by atoms with Gasteiger partial charge in [-0.25, -0.2) is 0 Å². The van der Waals surface area contributed by atoms with Gasteiger partial charge in [0.1, 0.15) is 17.5 Å². The predicted molar refractivity (Wildman–Crippen MR) is 85.1 cm³/mol. The maximum absolute atomic E-state index is 12.1. The van der Waals surface area contributed by atoms with Gasteiger partial charge < -0.3 is 20.1 Å². The lowest BCUT2D eigenvalue weighted by molar-refractivity contribution is -0.122. The Morgan fingerprint density at radius 1 is 1.10 bits per heavy atom. The zero-order chi connectivity index (χ0) is 15.8. The summed E-state index contributed by atoms with van der Waals surface area (Å²) in [5.74, 6) is 1.36. The van der Waals surface area contributed by atoms with Gasteiger partial charge in [-0.15, -0.1) is 0 Å². The van der Waals surface area contributed by atoms with Gasteiger partial charge in [0.25, 0.3) is 0 Å². The third kappa shape index (κ3) is 5.17. The Labute approximate surface area is 127 Å². The van der Waals surface area contributed by atoms with Crippen molar-refractivity contribution in [1.29, 1.82) is 0 Å². The Morgan fingerprint density at radius 2 is 1.62 bits per heavy atom. The third-order valence-electron chi connectivity index (χ3n) is 3.46. The Bertz CT molecular complexity index is 437. The summed E-state index contributed by atoms with van der Waals surface area (Å²) in [6.45, 7) is 5.97. The second-order valence-electron chi connectivity index (χ2n) is 4.99. The first-order chi connectivity index (χ1) is 10.0. The topological polar surface area (TPSA) is 59.6 Å². The number of carbonyl (C=O) groups excluding carboxylic acids is 1.